The van der Waals surface area contributed by atoms with Crippen LogP contribution in [0.4, 0.5) is 0 Å². The van der Waals surface area contributed by atoms with Crippen LogP contribution >= 0.6 is 12.2 Å². The molecule has 1 aromatic heterocycles. The van der Waals surface area contributed by atoms with Crippen molar-refractivity contribution >= 4 is 23.1 Å². The standard InChI is InChI=1S/C9H13N3O2S/c1-5-4-11-9(14-5)6(2)12-8(13)3-7(10)15/h4,6H,3H2,1-2H3,(H2,10,15)(H,12,13). The number of rotatable bonds is 4. The molecular weight excluding hydrogens is 214 g/mol. The molecule has 3 N–H and O–H groups in total. The summed E-state index contributed by atoms with van der Waals surface area (Å²) >= 11 is 4.62. The van der Waals surface area contributed by atoms with Gasteiger partial charge in [-0.25, -0.2) is 4.98 Å². The van der Waals surface area contributed by atoms with Gasteiger partial charge >= 0.3 is 0 Å². The van der Waals surface area contributed by atoms with Crippen LogP contribution in [0.15, 0.2) is 10.6 Å². The van der Waals surface area contributed by atoms with Gasteiger partial charge in [0.05, 0.1) is 17.6 Å². The SMILES string of the molecule is Cc1cnc(C(C)NC(=O)CC(N)=S)o1. The van der Waals surface area contributed by atoms with Gasteiger partial charge in [-0.3, -0.25) is 4.79 Å². The molecule has 0 saturated heterocycles. The Balaban J connectivity index is 2.52. The van der Waals surface area contributed by atoms with Gasteiger partial charge < -0.3 is 15.5 Å². The summed E-state index contributed by atoms with van der Waals surface area (Å²) in [5.41, 5.74) is 5.24. The fourth-order valence-electron chi connectivity index (χ4n) is 1.08. The van der Waals surface area contributed by atoms with Gasteiger partial charge in [-0.2, -0.15) is 0 Å². The van der Waals surface area contributed by atoms with Crippen LogP contribution in [0.1, 0.15) is 31.0 Å². The van der Waals surface area contributed by atoms with Crippen molar-refractivity contribution < 1.29 is 9.21 Å². The van der Waals surface area contributed by atoms with Gasteiger partial charge in [0.15, 0.2) is 0 Å². The van der Waals surface area contributed by atoms with Gasteiger partial charge in [-0.05, 0) is 13.8 Å². The molecule has 1 unspecified atom stereocenters. The third-order valence-corrected chi connectivity index (χ3v) is 1.87. The van der Waals surface area contributed by atoms with Crippen molar-refractivity contribution in [3.8, 4) is 0 Å². The first-order valence-corrected chi connectivity index (χ1v) is 4.90. The summed E-state index contributed by atoms with van der Waals surface area (Å²) in [6.45, 7) is 3.57. The first-order chi connectivity index (χ1) is 6.99. The summed E-state index contributed by atoms with van der Waals surface area (Å²) in [4.78, 5) is 15.5. The maximum Gasteiger partial charge on any atom is 0.227 e. The number of thiocarbonyl (C=S) groups is 1. The van der Waals surface area contributed by atoms with Crippen LogP contribution in [0, 0.1) is 6.92 Å². The highest BCUT2D eigenvalue weighted by Crippen LogP contribution is 2.11. The second kappa shape index (κ2) is 4.88. The van der Waals surface area contributed by atoms with Crippen molar-refractivity contribution in [2.24, 2.45) is 5.73 Å². The molecule has 1 aromatic rings. The predicted octanol–water partition coefficient (Wildman–Crippen LogP) is 0.836. The highest BCUT2D eigenvalue weighted by atomic mass is 32.1. The molecule has 0 saturated carbocycles. The molecule has 1 heterocycles. The quantitative estimate of drug-likeness (QED) is 0.745. The summed E-state index contributed by atoms with van der Waals surface area (Å²) in [7, 11) is 0. The van der Waals surface area contributed by atoms with Gasteiger partial charge in [0, 0.05) is 0 Å². The lowest BCUT2D eigenvalue weighted by Crippen LogP contribution is -2.30. The van der Waals surface area contributed by atoms with E-state index in [-0.39, 0.29) is 23.4 Å². The number of aromatic nitrogens is 1. The molecule has 0 fully saturated rings. The number of carbonyl (C=O) groups excluding carboxylic acids is 1. The fraction of sp³-hybridized carbons (Fsp3) is 0.444. The summed E-state index contributed by atoms with van der Waals surface area (Å²) in [6, 6.07) is -0.277. The number of nitrogens with one attached hydrogen (secondary N) is 1. The number of hydrogen-bond acceptors (Lipinski definition) is 4. The Bertz CT molecular complexity index is 375. The summed E-state index contributed by atoms with van der Waals surface area (Å²) in [5, 5.41) is 2.68. The van der Waals surface area contributed by atoms with Gasteiger partial charge in [0.1, 0.15) is 11.8 Å². The fourth-order valence-corrected chi connectivity index (χ4v) is 1.22. The van der Waals surface area contributed by atoms with Crippen LogP contribution in [-0.4, -0.2) is 15.9 Å². The number of oxazole rings is 1. The zero-order valence-electron chi connectivity index (χ0n) is 8.61. The Morgan fingerprint density at radius 1 is 1.80 bits per heavy atom. The van der Waals surface area contributed by atoms with Crippen molar-refractivity contribution in [2.45, 2.75) is 26.3 Å². The van der Waals surface area contributed by atoms with Crippen molar-refractivity contribution in [2.75, 3.05) is 0 Å². The Hall–Kier alpha value is -1.43. The Morgan fingerprint density at radius 2 is 2.47 bits per heavy atom. The average Bonchev–Trinajstić information content (AvgIpc) is 2.49. The van der Waals surface area contributed by atoms with E-state index in [1.807, 2.05) is 0 Å². The summed E-state index contributed by atoms with van der Waals surface area (Å²) < 4.78 is 5.26. The van der Waals surface area contributed by atoms with Crippen molar-refractivity contribution in [3.63, 3.8) is 0 Å². The van der Waals surface area contributed by atoms with Crippen molar-refractivity contribution in [1.29, 1.82) is 0 Å². The number of nitrogens with two attached hydrogens (primary N) is 1. The van der Waals surface area contributed by atoms with E-state index in [0.29, 0.717) is 11.7 Å². The second-order valence-corrected chi connectivity index (χ2v) is 3.77. The highest BCUT2D eigenvalue weighted by Gasteiger charge is 2.14. The van der Waals surface area contributed by atoms with E-state index in [4.69, 9.17) is 10.2 Å². The molecule has 1 rings (SSSR count). The Kier molecular flexibility index (Phi) is 3.79. The van der Waals surface area contributed by atoms with E-state index in [0.717, 1.165) is 0 Å². The largest absolute Gasteiger partial charge is 0.444 e. The number of nitrogens with zero attached hydrogens (tertiary/aromatic N) is 1. The molecule has 0 bridgehead atoms. The molecule has 15 heavy (non-hydrogen) atoms. The predicted molar refractivity (Wildman–Crippen MR) is 59.2 cm³/mol. The third kappa shape index (κ3) is 3.67. The molecule has 0 radical (unpaired) electrons. The van der Waals surface area contributed by atoms with Gasteiger partial charge in [0.2, 0.25) is 11.8 Å². The van der Waals surface area contributed by atoms with Crippen LogP contribution in [0.5, 0.6) is 0 Å². The lowest BCUT2D eigenvalue weighted by molar-refractivity contribution is -0.120. The third-order valence-electron chi connectivity index (χ3n) is 1.72. The first kappa shape index (κ1) is 11.6. The monoisotopic (exact) mass is 227 g/mol. The van der Waals surface area contributed by atoms with E-state index in [9.17, 15) is 4.79 Å². The van der Waals surface area contributed by atoms with Gasteiger partial charge in [-0.15, -0.1) is 0 Å². The molecule has 1 atom stereocenters. The minimum atomic E-state index is -0.277. The summed E-state index contributed by atoms with van der Waals surface area (Å²) in [5.74, 6) is 0.954. The number of carbonyl (C=O) groups is 1. The molecule has 6 heteroatoms. The van der Waals surface area contributed by atoms with Crippen molar-refractivity contribution in [1.82, 2.24) is 10.3 Å². The van der Waals surface area contributed by atoms with E-state index in [2.05, 4.69) is 22.5 Å². The van der Waals surface area contributed by atoms with Gasteiger partial charge in [0.25, 0.3) is 0 Å². The Morgan fingerprint density at radius 3 is 2.93 bits per heavy atom. The number of hydrogen-bond donors (Lipinski definition) is 2. The zero-order valence-corrected chi connectivity index (χ0v) is 9.43. The highest BCUT2D eigenvalue weighted by molar-refractivity contribution is 7.80. The van der Waals surface area contributed by atoms with Crippen LogP contribution in [-0.2, 0) is 4.79 Å². The maximum atomic E-state index is 11.3. The molecule has 5 nitrogen and oxygen atoms in total. The van der Waals surface area contributed by atoms with Crippen LogP contribution < -0.4 is 11.1 Å². The normalized spacial score (nSPS) is 12.1. The van der Waals surface area contributed by atoms with E-state index >= 15 is 0 Å². The Labute approximate surface area is 93.0 Å². The van der Waals surface area contributed by atoms with Crippen LogP contribution in [0.3, 0.4) is 0 Å². The summed E-state index contributed by atoms with van der Waals surface area (Å²) in [6.07, 6.45) is 1.64. The number of amides is 1. The molecule has 0 aromatic carbocycles. The van der Waals surface area contributed by atoms with Crippen molar-refractivity contribution in [3.05, 3.63) is 17.8 Å². The van der Waals surface area contributed by atoms with E-state index < -0.39 is 0 Å². The minimum absolute atomic E-state index is 0.0410. The van der Waals surface area contributed by atoms with Crippen LogP contribution in [0.25, 0.3) is 0 Å². The number of aryl methyl sites for hydroxylation is 1. The molecule has 0 spiro atoms. The molecule has 0 aliphatic rings. The zero-order chi connectivity index (χ0) is 11.4. The molecule has 0 aliphatic carbocycles. The molecule has 0 aliphatic heterocycles. The maximum absolute atomic E-state index is 11.3. The topological polar surface area (TPSA) is 81.2 Å². The van der Waals surface area contributed by atoms with Crippen LogP contribution in [0.2, 0.25) is 0 Å². The minimum Gasteiger partial charge on any atom is -0.444 e. The lowest BCUT2D eigenvalue weighted by atomic mass is 10.3. The molecule has 82 valence electrons. The van der Waals surface area contributed by atoms with E-state index in [1.165, 1.54) is 0 Å². The van der Waals surface area contributed by atoms with Gasteiger partial charge in [-0.1, -0.05) is 12.2 Å². The first-order valence-electron chi connectivity index (χ1n) is 4.49. The molecular formula is C9H13N3O2S. The smallest absolute Gasteiger partial charge is 0.227 e. The van der Waals surface area contributed by atoms with E-state index in [1.54, 1.807) is 20.0 Å². The average molecular weight is 227 g/mol. The second-order valence-electron chi connectivity index (χ2n) is 3.24. The lowest BCUT2D eigenvalue weighted by Gasteiger charge is -2.09. The molecule has 1 amide bonds.